The third-order valence-electron chi connectivity index (χ3n) is 2.54. The number of likely N-dealkylation sites (tertiary alicyclic amines) is 1. The van der Waals surface area contributed by atoms with Gasteiger partial charge in [0.2, 0.25) is 0 Å². The molecule has 1 saturated heterocycles. The molecule has 0 radical (unpaired) electrons. The Morgan fingerprint density at radius 1 is 1.64 bits per heavy atom. The fraction of sp³-hybridized carbons (Fsp3) is 0.889. The number of carbonyl (C=O) groups excluding carboxylic acids is 1. The van der Waals surface area contributed by atoms with Crippen LogP contribution in [0.25, 0.3) is 0 Å². The predicted octanol–water partition coefficient (Wildman–Crippen LogP) is -0.0715. The molecule has 0 aromatic heterocycles. The molecular weight excluding hydrogens is 184 g/mol. The fourth-order valence-electron chi connectivity index (χ4n) is 1.84. The number of amides is 1. The highest BCUT2D eigenvalue weighted by Crippen LogP contribution is 2.16. The highest BCUT2D eigenvalue weighted by molar-refractivity contribution is 5.64. The van der Waals surface area contributed by atoms with E-state index in [9.17, 15) is 4.79 Å². The van der Waals surface area contributed by atoms with E-state index >= 15 is 0 Å². The Kier molecular flexibility index (Phi) is 4.69. The number of hydrogen-bond acceptors (Lipinski definition) is 4. The second-order valence-electron chi connectivity index (χ2n) is 3.54. The third-order valence-corrected chi connectivity index (χ3v) is 2.54. The number of carbonyl (C=O) groups is 1. The minimum Gasteiger partial charge on any atom is -0.450 e. The van der Waals surface area contributed by atoms with Crippen LogP contribution < -0.4 is 5.73 Å². The first-order chi connectivity index (χ1) is 6.74. The highest BCUT2D eigenvalue weighted by atomic mass is 16.5. The number of rotatable bonds is 5. The second kappa shape index (κ2) is 5.82. The van der Waals surface area contributed by atoms with Gasteiger partial charge in [0.1, 0.15) is 0 Å². The summed E-state index contributed by atoms with van der Waals surface area (Å²) in [7, 11) is 0. The summed E-state index contributed by atoms with van der Waals surface area (Å²) < 4.78 is 4.62. The minimum atomic E-state index is -0.717. The molecule has 1 heterocycles. The van der Waals surface area contributed by atoms with Crippen LogP contribution in [0.2, 0.25) is 0 Å². The van der Waals surface area contributed by atoms with E-state index < -0.39 is 6.09 Å². The summed E-state index contributed by atoms with van der Waals surface area (Å²) in [5.74, 6) is 0. The molecule has 1 aliphatic heterocycles. The highest BCUT2D eigenvalue weighted by Gasteiger charge is 2.22. The van der Waals surface area contributed by atoms with Crippen molar-refractivity contribution in [3.05, 3.63) is 0 Å². The molecule has 0 aromatic carbocycles. The topological polar surface area (TPSA) is 75.8 Å². The summed E-state index contributed by atoms with van der Waals surface area (Å²) in [4.78, 5) is 12.5. The van der Waals surface area contributed by atoms with Crippen molar-refractivity contribution >= 4 is 6.09 Å². The SMILES string of the molecule is NC(=O)OCCCN1CCC[C@@H]1CO. The van der Waals surface area contributed by atoms with Crippen LogP contribution in [0, 0.1) is 0 Å². The molecule has 0 aromatic rings. The van der Waals surface area contributed by atoms with Gasteiger partial charge in [-0.3, -0.25) is 4.90 Å². The first-order valence-corrected chi connectivity index (χ1v) is 5.01. The van der Waals surface area contributed by atoms with Crippen LogP contribution in [0.4, 0.5) is 4.79 Å². The van der Waals surface area contributed by atoms with Crippen molar-refractivity contribution in [1.82, 2.24) is 4.90 Å². The Morgan fingerprint density at radius 2 is 2.43 bits per heavy atom. The van der Waals surface area contributed by atoms with Crippen molar-refractivity contribution in [2.24, 2.45) is 5.73 Å². The molecule has 1 amide bonds. The lowest BCUT2D eigenvalue weighted by atomic mass is 10.2. The Balaban J connectivity index is 2.08. The van der Waals surface area contributed by atoms with Gasteiger partial charge in [-0.15, -0.1) is 0 Å². The van der Waals surface area contributed by atoms with Crippen LogP contribution in [0.3, 0.4) is 0 Å². The molecule has 0 unspecified atom stereocenters. The monoisotopic (exact) mass is 202 g/mol. The smallest absolute Gasteiger partial charge is 0.404 e. The van der Waals surface area contributed by atoms with Gasteiger partial charge in [0.15, 0.2) is 0 Å². The van der Waals surface area contributed by atoms with Crippen molar-refractivity contribution < 1.29 is 14.6 Å². The number of nitrogens with zero attached hydrogens (tertiary/aromatic N) is 1. The van der Waals surface area contributed by atoms with E-state index in [4.69, 9.17) is 10.8 Å². The Bertz CT molecular complexity index is 187. The summed E-state index contributed by atoms with van der Waals surface area (Å²) in [5, 5.41) is 9.03. The molecule has 0 spiro atoms. The maximum Gasteiger partial charge on any atom is 0.404 e. The zero-order valence-electron chi connectivity index (χ0n) is 8.32. The summed E-state index contributed by atoms with van der Waals surface area (Å²) in [6, 6.07) is 0.295. The van der Waals surface area contributed by atoms with Crippen LogP contribution in [-0.2, 0) is 4.74 Å². The first-order valence-electron chi connectivity index (χ1n) is 5.01. The molecule has 3 N–H and O–H groups in total. The summed E-state index contributed by atoms with van der Waals surface area (Å²) in [6.45, 7) is 2.47. The van der Waals surface area contributed by atoms with Crippen molar-refractivity contribution in [2.75, 3.05) is 26.3 Å². The molecule has 1 aliphatic rings. The van der Waals surface area contributed by atoms with Crippen molar-refractivity contribution in [3.8, 4) is 0 Å². The Morgan fingerprint density at radius 3 is 3.07 bits per heavy atom. The predicted molar refractivity (Wildman–Crippen MR) is 51.8 cm³/mol. The zero-order chi connectivity index (χ0) is 10.4. The van der Waals surface area contributed by atoms with Crippen LogP contribution in [0.15, 0.2) is 0 Å². The molecule has 1 rings (SSSR count). The van der Waals surface area contributed by atoms with Crippen molar-refractivity contribution in [2.45, 2.75) is 25.3 Å². The molecule has 1 atom stereocenters. The Labute approximate surface area is 83.8 Å². The van der Waals surface area contributed by atoms with Crippen LogP contribution in [0.1, 0.15) is 19.3 Å². The average molecular weight is 202 g/mol. The number of primary amides is 1. The maximum atomic E-state index is 10.3. The number of nitrogens with two attached hydrogens (primary N) is 1. The molecule has 1 fully saturated rings. The van der Waals surface area contributed by atoms with Gasteiger partial charge in [-0.05, 0) is 25.8 Å². The third kappa shape index (κ3) is 3.51. The number of aliphatic hydroxyl groups is 1. The van der Waals surface area contributed by atoms with E-state index in [1.54, 1.807) is 0 Å². The van der Waals surface area contributed by atoms with Crippen molar-refractivity contribution in [1.29, 1.82) is 0 Å². The van der Waals surface area contributed by atoms with Gasteiger partial charge in [0, 0.05) is 12.6 Å². The normalized spacial score (nSPS) is 22.5. The van der Waals surface area contributed by atoms with Gasteiger partial charge >= 0.3 is 6.09 Å². The number of aliphatic hydroxyl groups excluding tert-OH is 1. The second-order valence-corrected chi connectivity index (χ2v) is 3.54. The fourth-order valence-corrected chi connectivity index (χ4v) is 1.84. The molecule has 0 aliphatic carbocycles. The zero-order valence-corrected chi connectivity index (χ0v) is 8.32. The molecule has 82 valence electrons. The molecule has 0 bridgehead atoms. The van der Waals surface area contributed by atoms with Crippen LogP contribution >= 0.6 is 0 Å². The van der Waals surface area contributed by atoms with Gasteiger partial charge in [-0.2, -0.15) is 0 Å². The first kappa shape index (κ1) is 11.3. The molecular formula is C9H18N2O3. The van der Waals surface area contributed by atoms with E-state index in [0.717, 1.165) is 32.4 Å². The van der Waals surface area contributed by atoms with E-state index in [2.05, 4.69) is 9.64 Å². The lowest BCUT2D eigenvalue weighted by Gasteiger charge is -2.22. The lowest BCUT2D eigenvalue weighted by molar-refractivity contribution is 0.131. The van der Waals surface area contributed by atoms with Crippen molar-refractivity contribution in [3.63, 3.8) is 0 Å². The van der Waals surface area contributed by atoms with E-state index in [0.29, 0.717) is 12.6 Å². The van der Waals surface area contributed by atoms with E-state index in [1.807, 2.05) is 0 Å². The van der Waals surface area contributed by atoms with E-state index in [-0.39, 0.29) is 6.61 Å². The molecule has 14 heavy (non-hydrogen) atoms. The van der Waals surface area contributed by atoms with Crippen LogP contribution in [0.5, 0.6) is 0 Å². The number of hydrogen-bond donors (Lipinski definition) is 2. The Hall–Kier alpha value is -0.810. The minimum absolute atomic E-state index is 0.219. The lowest BCUT2D eigenvalue weighted by Crippen LogP contribution is -2.33. The summed E-state index contributed by atoms with van der Waals surface area (Å²) in [5.41, 5.74) is 4.83. The standard InChI is InChI=1S/C9H18N2O3/c10-9(13)14-6-2-5-11-4-1-3-8(11)7-12/h8,12H,1-7H2,(H2,10,13)/t8-/m1/s1. The molecule has 5 nitrogen and oxygen atoms in total. The summed E-state index contributed by atoms with van der Waals surface area (Å²) >= 11 is 0. The van der Waals surface area contributed by atoms with E-state index in [1.165, 1.54) is 0 Å². The summed E-state index contributed by atoms with van der Waals surface area (Å²) in [6.07, 6.45) is 2.26. The molecule has 0 saturated carbocycles. The van der Waals surface area contributed by atoms with Gasteiger partial charge in [0.05, 0.1) is 13.2 Å². The quantitative estimate of drug-likeness (QED) is 0.612. The maximum absolute atomic E-state index is 10.3. The largest absolute Gasteiger partial charge is 0.450 e. The van der Waals surface area contributed by atoms with Crippen LogP contribution in [-0.4, -0.2) is 48.4 Å². The average Bonchev–Trinajstić information content (AvgIpc) is 2.59. The van der Waals surface area contributed by atoms with Gasteiger partial charge in [0.25, 0.3) is 0 Å². The van der Waals surface area contributed by atoms with Gasteiger partial charge < -0.3 is 15.6 Å². The number of ether oxygens (including phenoxy) is 1. The van der Waals surface area contributed by atoms with Gasteiger partial charge in [-0.25, -0.2) is 4.79 Å². The van der Waals surface area contributed by atoms with Gasteiger partial charge in [-0.1, -0.05) is 0 Å². The molecule has 5 heteroatoms.